The number of benzene rings is 1. The molecule has 2 rings (SSSR count). The van der Waals surface area contributed by atoms with Crippen molar-refractivity contribution >= 4 is 0 Å². The van der Waals surface area contributed by atoms with Gasteiger partial charge in [-0.1, -0.05) is 12.1 Å². The molecule has 17 heavy (non-hydrogen) atoms. The van der Waals surface area contributed by atoms with Crippen molar-refractivity contribution in [2.75, 3.05) is 7.05 Å². The van der Waals surface area contributed by atoms with Crippen molar-refractivity contribution in [1.29, 1.82) is 0 Å². The molecular weight excluding hydrogens is 217 g/mol. The van der Waals surface area contributed by atoms with Crippen LogP contribution in [-0.2, 0) is 19.5 Å². The summed E-state index contributed by atoms with van der Waals surface area (Å²) < 4.78 is 14.8. The van der Waals surface area contributed by atoms with Crippen LogP contribution in [0.15, 0.2) is 36.8 Å². The number of nitrogens with zero attached hydrogens (tertiary/aromatic N) is 2. The number of hydrogen-bond donors (Lipinski definition) is 1. The number of aromatic nitrogens is 2. The molecule has 4 heteroatoms. The topological polar surface area (TPSA) is 29.9 Å². The van der Waals surface area contributed by atoms with Crippen LogP contribution in [0.1, 0.15) is 11.3 Å². The van der Waals surface area contributed by atoms with Gasteiger partial charge in [-0.2, -0.15) is 0 Å². The minimum atomic E-state index is -0.187. The van der Waals surface area contributed by atoms with E-state index in [1.807, 2.05) is 31.7 Å². The Morgan fingerprint density at radius 3 is 2.76 bits per heavy atom. The first-order valence-corrected chi connectivity index (χ1v) is 5.67. The van der Waals surface area contributed by atoms with Gasteiger partial charge in [-0.05, 0) is 31.2 Å². The molecule has 0 fully saturated rings. The van der Waals surface area contributed by atoms with Gasteiger partial charge in [0.2, 0.25) is 0 Å². The van der Waals surface area contributed by atoms with E-state index in [0.717, 1.165) is 30.8 Å². The van der Waals surface area contributed by atoms with Crippen LogP contribution in [0, 0.1) is 5.82 Å². The van der Waals surface area contributed by atoms with Crippen molar-refractivity contribution in [2.24, 2.45) is 0 Å². The first kappa shape index (κ1) is 11.8. The summed E-state index contributed by atoms with van der Waals surface area (Å²) in [5.41, 5.74) is 2.17. The second-order valence-corrected chi connectivity index (χ2v) is 4.01. The van der Waals surface area contributed by atoms with E-state index in [1.165, 1.54) is 12.1 Å². The number of aryl methyl sites for hydroxylation is 2. The van der Waals surface area contributed by atoms with Gasteiger partial charge >= 0.3 is 0 Å². The van der Waals surface area contributed by atoms with Crippen molar-refractivity contribution in [3.63, 3.8) is 0 Å². The third-order valence-corrected chi connectivity index (χ3v) is 2.62. The molecule has 0 spiro atoms. The molecule has 0 bridgehead atoms. The predicted molar refractivity (Wildman–Crippen MR) is 65.1 cm³/mol. The molecule has 0 aliphatic rings. The van der Waals surface area contributed by atoms with E-state index in [4.69, 9.17) is 0 Å². The second-order valence-electron chi connectivity index (χ2n) is 4.01. The summed E-state index contributed by atoms with van der Waals surface area (Å²) in [6.45, 7) is 1.64. The highest BCUT2D eigenvalue weighted by molar-refractivity contribution is 5.16. The van der Waals surface area contributed by atoms with E-state index in [1.54, 1.807) is 0 Å². The standard InChI is InChI=1S/C13H16FN3/c1-15-8-13-9-17(10-16-13)7-6-11-2-4-12(14)5-3-11/h2-5,9-10,15H,6-8H2,1H3. The van der Waals surface area contributed by atoms with Gasteiger partial charge in [0.25, 0.3) is 0 Å². The van der Waals surface area contributed by atoms with Crippen molar-refractivity contribution in [3.05, 3.63) is 53.9 Å². The maximum absolute atomic E-state index is 12.7. The molecule has 1 aromatic carbocycles. The van der Waals surface area contributed by atoms with Crippen molar-refractivity contribution in [1.82, 2.24) is 14.9 Å². The summed E-state index contributed by atoms with van der Waals surface area (Å²) >= 11 is 0. The third kappa shape index (κ3) is 3.39. The lowest BCUT2D eigenvalue weighted by atomic mass is 10.1. The second kappa shape index (κ2) is 5.59. The van der Waals surface area contributed by atoms with Gasteiger partial charge in [-0.25, -0.2) is 9.37 Å². The molecule has 0 unspecified atom stereocenters. The van der Waals surface area contributed by atoms with Crippen molar-refractivity contribution < 1.29 is 4.39 Å². The van der Waals surface area contributed by atoms with Gasteiger partial charge in [0.1, 0.15) is 5.82 Å². The quantitative estimate of drug-likeness (QED) is 0.856. The normalized spacial score (nSPS) is 10.7. The summed E-state index contributed by atoms with van der Waals surface area (Å²) in [5.74, 6) is -0.187. The number of rotatable bonds is 5. The monoisotopic (exact) mass is 233 g/mol. The zero-order valence-corrected chi connectivity index (χ0v) is 9.86. The van der Waals surface area contributed by atoms with Crippen LogP contribution < -0.4 is 5.32 Å². The largest absolute Gasteiger partial charge is 0.337 e. The lowest BCUT2D eigenvalue weighted by Crippen LogP contribution is -2.05. The fraction of sp³-hybridized carbons (Fsp3) is 0.308. The van der Waals surface area contributed by atoms with Crippen LogP contribution in [0.3, 0.4) is 0 Å². The molecule has 0 saturated carbocycles. The summed E-state index contributed by atoms with van der Waals surface area (Å²) in [7, 11) is 1.90. The lowest BCUT2D eigenvalue weighted by molar-refractivity contribution is 0.625. The van der Waals surface area contributed by atoms with Gasteiger partial charge in [0.05, 0.1) is 12.0 Å². The molecular formula is C13H16FN3. The van der Waals surface area contributed by atoms with E-state index in [9.17, 15) is 4.39 Å². The number of halogens is 1. The van der Waals surface area contributed by atoms with Gasteiger partial charge in [-0.15, -0.1) is 0 Å². The summed E-state index contributed by atoms with van der Waals surface area (Å²) in [6, 6.07) is 6.63. The molecule has 0 atom stereocenters. The van der Waals surface area contributed by atoms with Crippen LogP contribution in [0.4, 0.5) is 4.39 Å². The first-order valence-electron chi connectivity index (χ1n) is 5.67. The number of imidazole rings is 1. The zero-order chi connectivity index (χ0) is 12.1. The third-order valence-electron chi connectivity index (χ3n) is 2.62. The maximum Gasteiger partial charge on any atom is 0.123 e. The Balaban J connectivity index is 1.90. The molecule has 0 radical (unpaired) electrons. The molecule has 0 aliphatic heterocycles. The number of hydrogen-bond acceptors (Lipinski definition) is 2. The van der Waals surface area contributed by atoms with Crippen LogP contribution in [0.5, 0.6) is 0 Å². The summed E-state index contributed by atoms with van der Waals surface area (Å²) in [4.78, 5) is 4.27. The zero-order valence-electron chi connectivity index (χ0n) is 9.86. The lowest BCUT2D eigenvalue weighted by Gasteiger charge is -2.02. The fourth-order valence-corrected chi connectivity index (χ4v) is 1.71. The predicted octanol–water partition coefficient (Wildman–Crippen LogP) is 1.98. The minimum Gasteiger partial charge on any atom is -0.337 e. The Kier molecular flexibility index (Phi) is 3.88. The van der Waals surface area contributed by atoms with Crippen molar-refractivity contribution in [3.8, 4) is 0 Å². The Morgan fingerprint density at radius 1 is 1.29 bits per heavy atom. The highest BCUT2D eigenvalue weighted by atomic mass is 19.1. The molecule has 0 amide bonds. The maximum atomic E-state index is 12.7. The van der Waals surface area contributed by atoms with Crippen LogP contribution >= 0.6 is 0 Å². The SMILES string of the molecule is CNCc1cn(CCc2ccc(F)cc2)cn1. The van der Waals surface area contributed by atoms with Crippen LogP contribution in [-0.4, -0.2) is 16.6 Å². The molecule has 90 valence electrons. The van der Waals surface area contributed by atoms with E-state index >= 15 is 0 Å². The highest BCUT2D eigenvalue weighted by Crippen LogP contribution is 2.05. The van der Waals surface area contributed by atoms with E-state index in [0.29, 0.717) is 0 Å². The van der Waals surface area contributed by atoms with Gasteiger partial charge in [-0.3, -0.25) is 0 Å². The summed E-state index contributed by atoms with van der Waals surface area (Å²) in [5, 5.41) is 3.06. The first-order chi connectivity index (χ1) is 8.28. The number of nitrogens with one attached hydrogen (secondary N) is 1. The Morgan fingerprint density at radius 2 is 2.06 bits per heavy atom. The Bertz CT molecular complexity index is 462. The molecule has 0 aliphatic carbocycles. The Hall–Kier alpha value is -1.68. The molecule has 3 nitrogen and oxygen atoms in total. The molecule has 0 saturated heterocycles. The molecule has 2 aromatic rings. The molecule has 1 aromatic heterocycles. The van der Waals surface area contributed by atoms with E-state index < -0.39 is 0 Å². The van der Waals surface area contributed by atoms with Gasteiger partial charge < -0.3 is 9.88 Å². The van der Waals surface area contributed by atoms with Crippen molar-refractivity contribution in [2.45, 2.75) is 19.5 Å². The highest BCUT2D eigenvalue weighted by Gasteiger charge is 1.98. The van der Waals surface area contributed by atoms with Gasteiger partial charge in [0.15, 0.2) is 0 Å². The Labute approximate surface area is 100 Å². The smallest absolute Gasteiger partial charge is 0.123 e. The molecule has 1 N–H and O–H groups in total. The minimum absolute atomic E-state index is 0.187. The van der Waals surface area contributed by atoms with Gasteiger partial charge in [0, 0.05) is 19.3 Å². The van der Waals surface area contributed by atoms with E-state index in [2.05, 4.69) is 14.9 Å². The average molecular weight is 233 g/mol. The van der Waals surface area contributed by atoms with Crippen LogP contribution in [0.2, 0.25) is 0 Å². The van der Waals surface area contributed by atoms with E-state index in [-0.39, 0.29) is 5.82 Å². The van der Waals surface area contributed by atoms with Crippen LogP contribution in [0.25, 0.3) is 0 Å². The average Bonchev–Trinajstić information content (AvgIpc) is 2.77. The molecule has 1 heterocycles. The summed E-state index contributed by atoms with van der Waals surface area (Å²) in [6.07, 6.45) is 4.74. The fourth-order valence-electron chi connectivity index (χ4n) is 1.71.